The number of hydrogen-bond acceptors (Lipinski definition) is 5. The lowest BCUT2D eigenvalue weighted by molar-refractivity contribution is 0.0613. The molecule has 0 aromatic heterocycles. The summed E-state index contributed by atoms with van der Waals surface area (Å²) in [4.78, 5) is 27.7. The molecule has 3 aromatic rings. The van der Waals surface area contributed by atoms with E-state index in [0.29, 0.717) is 30.8 Å². The normalized spacial score (nSPS) is 13.6. The van der Waals surface area contributed by atoms with E-state index >= 15 is 0 Å². The number of rotatable bonds is 9. The zero-order valence-electron chi connectivity index (χ0n) is 16.4. The predicted molar refractivity (Wildman–Crippen MR) is 116 cm³/mol. The van der Waals surface area contributed by atoms with Crippen molar-refractivity contribution in [3.8, 4) is 0 Å². The number of fused-ring (bicyclic) bond motifs is 2. The maximum atomic E-state index is 13.3. The minimum atomic E-state index is -0.213. The van der Waals surface area contributed by atoms with Crippen molar-refractivity contribution in [2.24, 2.45) is 5.73 Å². The van der Waals surface area contributed by atoms with E-state index in [0.717, 1.165) is 47.6 Å². The van der Waals surface area contributed by atoms with E-state index in [1.165, 1.54) is 4.90 Å². The van der Waals surface area contributed by atoms with Crippen LogP contribution in [0.15, 0.2) is 48.5 Å². The molecule has 6 heteroatoms. The van der Waals surface area contributed by atoms with Crippen LogP contribution in [-0.2, 0) is 0 Å². The molecule has 3 aromatic carbocycles. The average molecular weight is 390 g/mol. The first-order valence-electron chi connectivity index (χ1n) is 10.1. The van der Waals surface area contributed by atoms with Gasteiger partial charge in [0.25, 0.3) is 11.8 Å². The van der Waals surface area contributed by atoms with E-state index in [4.69, 9.17) is 5.73 Å². The lowest BCUT2D eigenvalue weighted by Gasteiger charge is -2.28. The molecule has 0 saturated heterocycles. The van der Waals surface area contributed by atoms with Gasteiger partial charge in [0.15, 0.2) is 0 Å². The van der Waals surface area contributed by atoms with Crippen molar-refractivity contribution in [1.29, 1.82) is 0 Å². The monoisotopic (exact) mass is 390 g/mol. The topological polar surface area (TPSA) is 87.5 Å². The smallest absolute Gasteiger partial charge is 0.262 e. The molecule has 1 aliphatic heterocycles. The fourth-order valence-corrected chi connectivity index (χ4v) is 3.98. The number of imide groups is 1. The number of amides is 2. The summed E-state index contributed by atoms with van der Waals surface area (Å²) in [6.07, 6.45) is 0.967. The molecule has 1 heterocycles. The highest BCUT2D eigenvalue weighted by Gasteiger charge is 2.33. The molecule has 6 nitrogen and oxygen atoms in total. The van der Waals surface area contributed by atoms with E-state index in [9.17, 15) is 9.59 Å². The first-order valence-corrected chi connectivity index (χ1v) is 10.1. The van der Waals surface area contributed by atoms with Crippen molar-refractivity contribution in [2.75, 3.05) is 39.3 Å². The molecule has 0 fully saturated rings. The van der Waals surface area contributed by atoms with Crippen LogP contribution in [0.2, 0.25) is 0 Å². The lowest BCUT2D eigenvalue weighted by atomic mass is 9.89. The Morgan fingerprint density at radius 2 is 1.59 bits per heavy atom. The number of benzene rings is 3. The Morgan fingerprint density at radius 3 is 2.41 bits per heavy atom. The predicted octanol–water partition coefficient (Wildman–Crippen LogP) is 2.12. The fraction of sp³-hybridized carbons (Fsp3) is 0.304. The van der Waals surface area contributed by atoms with Crippen LogP contribution in [0, 0.1) is 0 Å². The first-order chi connectivity index (χ1) is 14.2. The zero-order valence-corrected chi connectivity index (χ0v) is 16.4. The highest BCUT2D eigenvalue weighted by molar-refractivity contribution is 6.30. The number of nitrogens with zero attached hydrogens (tertiary/aromatic N) is 1. The van der Waals surface area contributed by atoms with Gasteiger partial charge in [-0.3, -0.25) is 14.5 Å². The van der Waals surface area contributed by atoms with Gasteiger partial charge in [0, 0.05) is 37.1 Å². The van der Waals surface area contributed by atoms with Gasteiger partial charge >= 0.3 is 0 Å². The Bertz CT molecular complexity index is 1060. The van der Waals surface area contributed by atoms with Crippen LogP contribution in [-0.4, -0.2) is 56.0 Å². The van der Waals surface area contributed by atoms with Crippen LogP contribution < -0.4 is 16.4 Å². The maximum absolute atomic E-state index is 13.3. The van der Waals surface area contributed by atoms with Crippen LogP contribution in [0.4, 0.5) is 0 Å². The number of carbonyl (C=O) groups is 2. The average Bonchev–Trinajstić information content (AvgIpc) is 2.74. The van der Waals surface area contributed by atoms with Crippen molar-refractivity contribution in [3.63, 3.8) is 0 Å². The third-order valence-electron chi connectivity index (χ3n) is 5.36. The van der Waals surface area contributed by atoms with Crippen LogP contribution in [0.5, 0.6) is 0 Å². The summed E-state index contributed by atoms with van der Waals surface area (Å²) in [5.74, 6) is -0.420. The molecule has 0 unspecified atom stereocenters. The SMILES string of the molecule is NCCNCCCNCCN1C(=O)c2cccc3cc4ccccc4c(c23)C1=O. The van der Waals surface area contributed by atoms with Gasteiger partial charge in [-0.25, -0.2) is 0 Å². The zero-order chi connectivity index (χ0) is 20.2. The van der Waals surface area contributed by atoms with Crippen molar-refractivity contribution in [3.05, 3.63) is 59.7 Å². The Balaban J connectivity index is 1.54. The summed E-state index contributed by atoms with van der Waals surface area (Å²) in [5, 5.41) is 10.2. The highest BCUT2D eigenvalue weighted by atomic mass is 16.2. The molecule has 4 N–H and O–H groups in total. The van der Waals surface area contributed by atoms with Gasteiger partial charge in [-0.15, -0.1) is 0 Å². The molecular weight excluding hydrogens is 364 g/mol. The second-order valence-corrected chi connectivity index (χ2v) is 7.28. The molecule has 4 rings (SSSR count). The molecule has 2 amide bonds. The molecule has 0 atom stereocenters. The molecule has 0 saturated carbocycles. The summed E-state index contributed by atoms with van der Waals surface area (Å²) in [6, 6.07) is 15.6. The number of carbonyl (C=O) groups excluding carboxylic acids is 2. The molecule has 150 valence electrons. The summed E-state index contributed by atoms with van der Waals surface area (Å²) in [5.41, 5.74) is 6.69. The van der Waals surface area contributed by atoms with Crippen LogP contribution in [0.1, 0.15) is 27.1 Å². The quantitative estimate of drug-likeness (QED) is 0.296. The van der Waals surface area contributed by atoms with Gasteiger partial charge in [-0.05, 0) is 47.8 Å². The lowest BCUT2D eigenvalue weighted by Crippen LogP contribution is -2.44. The van der Waals surface area contributed by atoms with Crippen LogP contribution in [0.25, 0.3) is 21.5 Å². The summed E-state index contributed by atoms with van der Waals surface area (Å²) >= 11 is 0. The fourth-order valence-electron chi connectivity index (χ4n) is 3.98. The summed E-state index contributed by atoms with van der Waals surface area (Å²) in [6.45, 7) is 4.10. The maximum Gasteiger partial charge on any atom is 0.262 e. The van der Waals surface area contributed by atoms with Gasteiger partial charge in [-0.1, -0.05) is 36.4 Å². The summed E-state index contributed by atoms with van der Waals surface area (Å²) < 4.78 is 0. The molecule has 29 heavy (non-hydrogen) atoms. The Kier molecular flexibility index (Phi) is 5.85. The number of nitrogens with two attached hydrogens (primary N) is 1. The van der Waals surface area contributed by atoms with E-state index < -0.39 is 0 Å². The Hall–Kier alpha value is -2.80. The molecule has 0 aliphatic carbocycles. The first kappa shape index (κ1) is 19.5. The van der Waals surface area contributed by atoms with Gasteiger partial charge in [0.1, 0.15) is 0 Å². The third-order valence-corrected chi connectivity index (χ3v) is 5.36. The minimum absolute atomic E-state index is 0.207. The van der Waals surface area contributed by atoms with Crippen LogP contribution in [0.3, 0.4) is 0 Å². The van der Waals surface area contributed by atoms with Crippen molar-refractivity contribution < 1.29 is 9.59 Å². The van der Waals surface area contributed by atoms with Gasteiger partial charge in [0.2, 0.25) is 0 Å². The molecule has 1 aliphatic rings. The van der Waals surface area contributed by atoms with E-state index in [1.54, 1.807) is 0 Å². The van der Waals surface area contributed by atoms with Gasteiger partial charge in [0.05, 0.1) is 5.56 Å². The minimum Gasteiger partial charge on any atom is -0.329 e. The number of hydrogen-bond donors (Lipinski definition) is 3. The third kappa shape index (κ3) is 3.74. The van der Waals surface area contributed by atoms with Crippen molar-refractivity contribution in [2.45, 2.75) is 6.42 Å². The standard InChI is InChI=1S/C23H26N4O2/c24-9-12-25-10-4-11-26-13-14-27-22(28)19-8-3-6-17-15-16-5-1-2-7-18(16)21(20(17)19)23(27)29/h1-3,5-8,15,25-26H,4,9-14,24H2. The van der Waals surface area contributed by atoms with Gasteiger partial charge < -0.3 is 16.4 Å². The largest absolute Gasteiger partial charge is 0.329 e. The van der Waals surface area contributed by atoms with Crippen molar-refractivity contribution in [1.82, 2.24) is 15.5 Å². The van der Waals surface area contributed by atoms with Gasteiger partial charge in [-0.2, -0.15) is 0 Å². The molecule has 0 bridgehead atoms. The molecule has 0 spiro atoms. The second-order valence-electron chi connectivity index (χ2n) is 7.28. The van der Waals surface area contributed by atoms with E-state index in [1.807, 2.05) is 48.5 Å². The Labute approximate surface area is 170 Å². The summed E-state index contributed by atoms with van der Waals surface area (Å²) in [7, 11) is 0. The Morgan fingerprint density at radius 1 is 0.828 bits per heavy atom. The molecule has 0 radical (unpaired) electrons. The van der Waals surface area contributed by atoms with E-state index in [2.05, 4.69) is 10.6 Å². The molecular formula is C23H26N4O2. The van der Waals surface area contributed by atoms with E-state index in [-0.39, 0.29) is 11.8 Å². The highest BCUT2D eigenvalue weighted by Crippen LogP contribution is 2.35. The second kappa shape index (κ2) is 8.69. The van der Waals surface area contributed by atoms with Crippen LogP contribution >= 0.6 is 0 Å². The van der Waals surface area contributed by atoms with Crippen molar-refractivity contribution >= 4 is 33.4 Å². The number of nitrogens with one attached hydrogen (secondary N) is 2.